The number of carbonyl (C=O) groups is 3. The summed E-state index contributed by atoms with van der Waals surface area (Å²) in [6, 6.07) is 2.08. The minimum Gasteiger partial charge on any atom is -0.493 e. The van der Waals surface area contributed by atoms with Crippen LogP contribution in [0.3, 0.4) is 0 Å². The van der Waals surface area contributed by atoms with E-state index in [4.69, 9.17) is 18.9 Å². The van der Waals surface area contributed by atoms with Crippen molar-refractivity contribution in [3.8, 4) is 17.2 Å². The van der Waals surface area contributed by atoms with Gasteiger partial charge in [0, 0.05) is 6.04 Å². The highest BCUT2D eigenvalue weighted by molar-refractivity contribution is 5.97. The molecule has 0 saturated carbocycles. The number of esters is 1. The van der Waals surface area contributed by atoms with Crippen LogP contribution in [0.5, 0.6) is 17.2 Å². The van der Waals surface area contributed by atoms with Crippen molar-refractivity contribution >= 4 is 17.9 Å². The lowest BCUT2D eigenvalue weighted by molar-refractivity contribution is -0.123. The van der Waals surface area contributed by atoms with Gasteiger partial charge in [-0.25, -0.2) is 9.59 Å². The summed E-state index contributed by atoms with van der Waals surface area (Å²) >= 11 is 0. The van der Waals surface area contributed by atoms with Gasteiger partial charge in [0.15, 0.2) is 18.1 Å². The molecule has 0 unspecified atom stereocenters. The molecule has 0 saturated heterocycles. The third-order valence-electron chi connectivity index (χ3n) is 3.48. The van der Waals surface area contributed by atoms with Gasteiger partial charge in [-0.2, -0.15) is 0 Å². The SMILES string of the molecule is CC[C@H](C)NC(=O)NC(=O)COC(=O)c1cc(OC)c(OC)c(OC)c1. The lowest BCUT2D eigenvalue weighted by Gasteiger charge is -2.14. The van der Waals surface area contributed by atoms with Crippen molar-refractivity contribution in [2.24, 2.45) is 0 Å². The average molecular weight is 368 g/mol. The van der Waals surface area contributed by atoms with E-state index in [9.17, 15) is 14.4 Å². The zero-order valence-electron chi connectivity index (χ0n) is 15.5. The number of imide groups is 1. The maximum absolute atomic E-state index is 12.1. The predicted octanol–water partition coefficient (Wildman–Crippen LogP) is 1.49. The van der Waals surface area contributed by atoms with E-state index in [1.165, 1.54) is 33.5 Å². The molecule has 3 amide bonds. The molecule has 0 aliphatic carbocycles. The molecule has 1 aromatic rings. The summed E-state index contributed by atoms with van der Waals surface area (Å²) in [6.07, 6.45) is 0.720. The summed E-state index contributed by atoms with van der Waals surface area (Å²) in [7, 11) is 4.26. The highest BCUT2D eigenvalue weighted by atomic mass is 16.5. The molecule has 0 aliphatic rings. The summed E-state index contributed by atoms with van der Waals surface area (Å²) < 4.78 is 20.4. The van der Waals surface area contributed by atoms with Crippen molar-refractivity contribution in [2.75, 3.05) is 27.9 Å². The Hall–Kier alpha value is -2.97. The number of ether oxygens (including phenoxy) is 4. The van der Waals surface area contributed by atoms with Crippen LogP contribution in [-0.4, -0.2) is 51.9 Å². The molecule has 0 spiro atoms. The number of nitrogens with one attached hydrogen (secondary N) is 2. The van der Waals surface area contributed by atoms with E-state index < -0.39 is 24.5 Å². The van der Waals surface area contributed by atoms with E-state index in [1.807, 2.05) is 6.92 Å². The highest BCUT2D eigenvalue weighted by Gasteiger charge is 2.19. The summed E-state index contributed by atoms with van der Waals surface area (Å²) in [4.78, 5) is 35.4. The first kappa shape index (κ1) is 21.1. The molecular formula is C17H24N2O7. The van der Waals surface area contributed by atoms with Gasteiger partial charge in [-0.1, -0.05) is 6.92 Å². The second kappa shape index (κ2) is 10.1. The first-order valence-electron chi connectivity index (χ1n) is 7.93. The fourth-order valence-electron chi connectivity index (χ4n) is 1.94. The van der Waals surface area contributed by atoms with Gasteiger partial charge in [0.1, 0.15) is 0 Å². The lowest BCUT2D eigenvalue weighted by atomic mass is 10.2. The summed E-state index contributed by atoms with van der Waals surface area (Å²) in [5.41, 5.74) is 0.108. The first-order chi connectivity index (χ1) is 12.4. The number of rotatable bonds is 8. The molecule has 0 heterocycles. The van der Waals surface area contributed by atoms with Gasteiger partial charge in [-0.15, -0.1) is 0 Å². The van der Waals surface area contributed by atoms with Crippen LogP contribution in [-0.2, 0) is 9.53 Å². The zero-order chi connectivity index (χ0) is 19.7. The van der Waals surface area contributed by atoms with Gasteiger partial charge in [-0.05, 0) is 25.5 Å². The standard InChI is InChI=1S/C17H24N2O7/c1-6-10(2)18-17(22)19-14(20)9-26-16(21)11-7-12(23-3)15(25-5)13(8-11)24-4/h7-8,10H,6,9H2,1-5H3,(H2,18,19,20,22)/t10-/m0/s1. The number of amides is 3. The van der Waals surface area contributed by atoms with Gasteiger partial charge in [-0.3, -0.25) is 10.1 Å². The smallest absolute Gasteiger partial charge is 0.338 e. The van der Waals surface area contributed by atoms with Crippen LogP contribution in [0.2, 0.25) is 0 Å². The van der Waals surface area contributed by atoms with E-state index in [1.54, 1.807) is 6.92 Å². The minimum atomic E-state index is -0.776. The third-order valence-corrected chi connectivity index (χ3v) is 3.48. The quantitative estimate of drug-likeness (QED) is 0.669. The molecule has 9 nitrogen and oxygen atoms in total. The highest BCUT2D eigenvalue weighted by Crippen LogP contribution is 2.38. The second-order valence-corrected chi connectivity index (χ2v) is 5.32. The van der Waals surface area contributed by atoms with Crippen molar-refractivity contribution in [2.45, 2.75) is 26.3 Å². The molecule has 9 heteroatoms. The van der Waals surface area contributed by atoms with Crippen molar-refractivity contribution in [1.29, 1.82) is 0 Å². The number of urea groups is 1. The third kappa shape index (κ3) is 5.83. The Kier molecular flexibility index (Phi) is 8.20. The van der Waals surface area contributed by atoms with Crippen molar-refractivity contribution in [3.05, 3.63) is 17.7 Å². The molecule has 144 valence electrons. The Bertz CT molecular complexity index is 636. The Morgan fingerprint density at radius 3 is 2.08 bits per heavy atom. The van der Waals surface area contributed by atoms with Crippen LogP contribution < -0.4 is 24.8 Å². The van der Waals surface area contributed by atoms with Gasteiger partial charge < -0.3 is 24.3 Å². The largest absolute Gasteiger partial charge is 0.493 e. The predicted molar refractivity (Wildman–Crippen MR) is 92.8 cm³/mol. The molecule has 1 rings (SSSR count). The Balaban J connectivity index is 2.71. The topological polar surface area (TPSA) is 112 Å². The van der Waals surface area contributed by atoms with Crippen molar-refractivity contribution < 1.29 is 33.3 Å². The average Bonchev–Trinajstić information content (AvgIpc) is 2.64. The van der Waals surface area contributed by atoms with E-state index >= 15 is 0 Å². The van der Waals surface area contributed by atoms with Crippen LogP contribution in [0.1, 0.15) is 30.6 Å². The summed E-state index contributed by atoms with van der Waals surface area (Å²) in [5, 5.41) is 4.64. The fraction of sp³-hybridized carbons (Fsp3) is 0.471. The molecule has 1 aromatic carbocycles. The number of hydrogen-bond donors (Lipinski definition) is 2. The van der Waals surface area contributed by atoms with Gasteiger partial charge >= 0.3 is 12.0 Å². The maximum Gasteiger partial charge on any atom is 0.338 e. The summed E-state index contributed by atoms with van der Waals surface area (Å²) in [5.74, 6) is -0.647. The van der Waals surface area contributed by atoms with Crippen LogP contribution in [0, 0.1) is 0 Å². The Morgan fingerprint density at radius 2 is 1.62 bits per heavy atom. The molecule has 2 N–H and O–H groups in total. The number of carbonyl (C=O) groups excluding carboxylic acids is 3. The monoisotopic (exact) mass is 368 g/mol. The maximum atomic E-state index is 12.1. The minimum absolute atomic E-state index is 0.0791. The van der Waals surface area contributed by atoms with Gasteiger partial charge in [0.2, 0.25) is 5.75 Å². The van der Waals surface area contributed by atoms with Crippen molar-refractivity contribution in [1.82, 2.24) is 10.6 Å². The molecular weight excluding hydrogens is 344 g/mol. The number of methoxy groups -OCH3 is 3. The van der Waals surface area contributed by atoms with E-state index in [-0.39, 0.29) is 23.1 Å². The van der Waals surface area contributed by atoms with Gasteiger partial charge in [0.25, 0.3) is 5.91 Å². The van der Waals surface area contributed by atoms with Crippen molar-refractivity contribution in [3.63, 3.8) is 0 Å². The van der Waals surface area contributed by atoms with E-state index in [2.05, 4.69) is 10.6 Å². The molecule has 1 atom stereocenters. The van der Waals surface area contributed by atoms with E-state index in [0.29, 0.717) is 5.75 Å². The molecule has 0 aliphatic heterocycles. The lowest BCUT2D eigenvalue weighted by Crippen LogP contribution is -2.44. The van der Waals surface area contributed by atoms with Crippen LogP contribution in [0.15, 0.2) is 12.1 Å². The molecule has 0 fully saturated rings. The molecule has 26 heavy (non-hydrogen) atoms. The zero-order valence-corrected chi connectivity index (χ0v) is 15.5. The van der Waals surface area contributed by atoms with Gasteiger partial charge in [0.05, 0.1) is 26.9 Å². The summed E-state index contributed by atoms with van der Waals surface area (Å²) in [6.45, 7) is 3.09. The van der Waals surface area contributed by atoms with Crippen LogP contribution in [0.25, 0.3) is 0 Å². The molecule has 0 bridgehead atoms. The Labute approximate surface area is 151 Å². The fourth-order valence-corrected chi connectivity index (χ4v) is 1.94. The molecule has 0 radical (unpaired) electrons. The first-order valence-corrected chi connectivity index (χ1v) is 7.93. The van der Waals surface area contributed by atoms with E-state index in [0.717, 1.165) is 6.42 Å². The molecule has 0 aromatic heterocycles. The second-order valence-electron chi connectivity index (χ2n) is 5.32. The van der Waals surface area contributed by atoms with Crippen LogP contribution in [0.4, 0.5) is 4.79 Å². The Morgan fingerprint density at radius 1 is 1.04 bits per heavy atom. The number of hydrogen-bond acceptors (Lipinski definition) is 7. The number of benzene rings is 1. The normalized spacial score (nSPS) is 11.1. The van der Waals surface area contributed by atoms with Crippen LogP contribution >= 0.6 is 0 Å².